The number of nitrogens with zero attached hydrogens (tertiary/aromatic N) is 2. The number of carbonyl (C=O) groups excluding carboxylic acids is 2. The van der Waals surface area contributed by atoms with Crippen molar-refractivity contribution in [3.63, 3.8) is 0 Å². The molecule has 2 fully saturated rings. The molecule has 2 saturated heterocycles. The molecule has 0 aliphatic carbocycles. The van der Waals surface area contributed by atoms with Gasteiger partial charge in [-0.3, -0.25) is 19.7 Å². The van der Waals surface area contributed by atoms with E-state index in [-0.39, 0.29) is 48.0 Å². The number of nitro benzene ring substituents is 1. The molecule has 2 amide bonds. The molecule has 0 radical (unpaired) electrons. The summed E-state index contributed by atoms with van der Waals surface area (Å²) in [6.45, 7) is 8.14. The number of amides is 2. The van der Waals surface area contributed by atoms with Crippen LogP contribution >= 0.6 is 0 Å². The molecule has 6 rings (SSSR count). The molecule has 1 unspecified atom stereocenters. The van der Waals surface area contributed by atoms with Gasteiger partial charge in [-0.05, 0) is 67.2 Å². The Labute approximate surface area is 281 Å². The Morgan fingerprint density at radius 2 is 1.96 bits per heavy atom. The molecule has 0 bridgehead atoms. The normalized spacial score (nSPS) is 25.3. The quantitative estimate of drug-likeness (QED) is 0.160. The maximum absolute atomic E-state index is 14.9. The first-order valence-electron chi connectivity index (χ1n) is 16.7. The Balaban J connectivity index is 1.36. The maximum atomic E-state index is 14.9. The fraction of sp³-hybridized carbons (Fsp3) is 0.444. The summed E-state index contributed by atoms with van der Waals surface area (Å²) in [5.41, 5.74) is 0.806. The molecule has 5 atom stereocenters. The van der Waals surface area contributed by atoms with Gasteiger partial charge in [0.15, 0.2) is 5.60 Å². The number of methoxy groups -OCH3 is 1. The van der Waals surface area contributed by atoms with Crippen LogP contribution in [0.25, 0.3) is 0 Å². The number of piperidine rings is 1. The van der Waals surface area contributed by atoms with Crippen molar-refractivity contribution in [1.29, 1.82) is 0 Å². The van der Waals surface area contributed by atoms with E-state index in [0.29, 0.717) is 29.9 Å². The number of aliphatic hydroxyl groups is 1. The predicted molar refractivity (Wildman–Crippen MR) is 186 cm³/mol. The van der Waals surface area contributed by atoms with Crippen LogP contribution in [-0.2, 0) is 26.5 Å². The lowest BCUT2D eigenvalue weighted by molar-refractivity contribution is -0.385. The minimum atomic E-state index is -2.40. The number of ether oxygens (including phenoxy) is 2. The molecule has 3 aromatic carbocycles. The number of anilines is 2. The van der Waals surface area contributed by atoms with E-state index in [0.717, 1.165) is 35.9 Å². The van der Waals surface area contributed by atoms with Crippen molar-refractivity contribution in [1.82, 2.24) is 5.32 Å². The van der Waals surface area contributed by atoms with Gasteiger partial charge in [-0.2, -0.15) is 0 Å². The molecule has 11 nitrogen and oxygen atoms in total. The van der Waals surface area contributed by atoms with Crippen LogP contribution in [-0.4, -0.2) is 62.8 Å². The van der Waals surface area contributed by atoms with E-state index in [9.17, 15) is 24.8 Å². The number of hydrogen-bond donors (Lipinski definition) is 3. The largest absolute Gasteiger partial charge is 0.497 e. The average molecular weight is 673 g/mol. The Morgan fingerprint density at radius 3 is 2.62 bits per heavy atom. The van der Waals surface area contributed by atoms with Crippen LogP contribution < -0.4 is 25.5 Å². The van der Waals surface area contributed by atoms with Crippen LogP contribution in [0.5, 0.6) is 5.75 Å². The molecule has 254 valence electrons. The van der Waals surface area contributed by atoms with Crippen molar-refractivity contribution in [2.24, 2.45) is 11.8 Å². The second-order valence-corrected chi connectivity index (χ2v) is 18.4. The zero-order valence-electron chi connectivity index (χ0n) is 27.9. The topological polar surface area (TPSA) is 143 Å². The minimum absolute atomic E-state index is 0.0361. The van der Waals surface area contributed by atoms with Crippen LogP contribution in [0.2, 0.25) is 18.6 Å². The molecule has 3 aromatic rings. The third-order valence-electron chi connectivity index (χ3n) is 10.6. The van der Waals surface area contributed by atoms with E-state index in [4.69, 9.17) is 9.47 Å². The summed E-state index contributed by atoms with van der Waals surface area (Å²) in [4.78, 5) is 41.0. The fourth-order valence-corrected chi connectivity index (χ4v) is 12.3. The zero-order valence-corrected chi connectivity index (χ0v) is 28.9. The van der Waals surface area contributed by atoms with E-state index < -0.39 is 24.7 Å². The highest BCUT2D eigenvalue weighted by atomic mass is 28.3. The lowest BCUT2D eigenvalue weighted by atomic mass is 9.82. The monoisotopic (exact) mass is 672 g/mol. The van der Waals surface area contributed by atoms with Crippen LogP contribution in [0.3, 0.4) is 0 Å². The van der Waals surface area contributed by atoms with Crippen molar-refractivity contribution >= 4 is 42.1 Å². The second kappa shape index (κ2) is 13.4. The Bertz CT molecular complexity index is 1690. The third kappa shape index (κ3) is 5.91. The molecule has 48 heavy (non-hydrogen) atoms. The van der Waals surface area contributed by atoms with Crippen LogP contribution in [0.4, 0.5) is 17.1 Å². The number of aliphatic hydroxyl groups excluding tert-OH is 1. The molecule has 3 N–H and O–H groups in total. The van der Waals surface area contributed by atoms with Gasteiger partial charge < -0.3 is 30.1 Å². The van der Waals surface area contributed by atoms with E-state index in [1.807, 2.05) is 43.3 Å². The van der Waals surface area contributed by atoms with Crippen molar-refractivity contribution in [3.8, 4) is 5.75 Å². The summed E-state index contributed by atoms with van der Waals surface area (Å²) in [5, 5.41) is 29.6. The van der Waals surface area contributed by atoms with E-state index in [2.05, 4.69) is 35.9 Å². The van der Waals surface area contributed by atoms with Gasteiger partial charge in [0.25, 0.3) is 11.6 Å². The fourth-order valence-electron chi connectivity index (χ4n) is 8.22. The number of non-ortho nitro benzene ring substituents is 1. The third-order valence-corrected chi connectivity index (χ3v) is 15.0. The van der Waals surface area contributed by atoms with E-state index in [1.54, 1.807) is 18.1 Å². The standard InChI is InChI=1S/C36H44N4O7Si/c1-23-33(48(3,4)29-13-11-28(46-2)12-14-29)32(16-18-41)47-36(23)30-20-27(40(44)45)10-15-31(30)39(35(36)43)22-24-7-5-9-26(19-24)38-34(42)25-8-6-17-37-21-25/h5,7,9-15,19-20,23,25,32-33,37,41H,6,8,16-18,21-22H2,1-4H3,(H,38,42)/t23-,25?,32+,33-,36+/m0/s1. The van der Waals surface area contributed by atoms with Gasteiger partial charge in [-0.25, -0.2) is 0 Å². The van der Waals surface area contributed by atoms with Crippen molar-refractivity contribution in [2.75, 3.05) is 37.0 Å². The van der Waals surface area contributed by atoms with E-state index >= 15 is 0 Å². The van der Waals surface area contributed by atoms with Crippen molar-refractivity contribution < 1.29 is 29.1 Å². The summed E-state index contributed by atoms with van der Waals surface area (Å²) in [7, 11) is -0.774. The SMILES string of the molecule is COc1ccc([Si](C)(C)[C@@H]2[C@@H](CCO)O[C@]3(C(=O)N(Cc4cccc(NC(=O)C5CCCNC5)c4)c4ccc([N+](=O)[O-])cc43)[C@H]2C)cc1. The van der Waals surface area contributed by atoms with Gasteiger partial charge in [0.2, 0.25) is 5.91 Å². The minimum Gasteiger partial charge on any atom is -0.497 e. The molecular formula is C36H44N4O7Si. The number of fused-ring (bicyclic) bond motifs is 2. The summed E-state index contributed by atoms with van der Waals surface area (Å²) in [6, 6.07) is 20.0. The summed E-state index contributed by atoms with van der Waals surface area (Å²) < 4.78 is 12.3. The zero-order chi connectivity index (χ0) is 34.2. The number of hydrogen-bond acceptors (Lipinski definition) is 8. The van der Waals surface area contributed by atoms with Gasteiger partial charge in [0.1, 0.15) is 5.75 Å². The van der Waals surface area contributed by atoms with Gasteiger partial charge in [-0.15, -0.1) is 0 Å². The molecule has 0 saturated carbocycles. The first-order valence-corrected chi connectivity index (χ1v) is 19.7. The van der Waals surface area contributed by atoms with Gasteiger partial charge in [0.05, 0.1) is 44.4 Å². The Kier molecular flexibility index (Phi) is 9.45. The Morgan fingerprint density at radius 1 is 1.19 bits per heavy atom. The molecule has 3 aliphatic rings. The molecule has 3 heterocycles. The average Bonchev–Trinajstić information content (AvgIpc) is 3.51. The number of carbonyl (C=O) groups is 2. The number of rotatable bonds is 10. The van der Waals surface area contributed by atoms with Gasteiger partial charge in [0, 0.05) is 42.5 Å². The summed E-state index contributed by atoms with van der Waals surface area (Å²) in [6.07, 6.45) is 1.67. The van der Waals surface area contributed by atoms with Crippen LogP contribution in [0.1, 0.15) is 37.3 Å². The van der Waals surface area contributed by atoms with Crippen LogP contribution in [0, 0.1) is 22.0 Å². The first kappa shape index (κ1) is 33.8. The smallest absolute Gasteiger partial charge is 0.269 e. The second-order valence-electron chi connectivity index (χ2n) is 13.8. The van der Waals surface area contributed by atoms with Gasteiger partial charge in [-0.1, -0.05) is 49.5 Å². The highest BCUT2D eigenvalue weighted by Gasteiger charge is 2.66. The predicted octanol–water partition coefficient (Wildman–Crippen LogP) is 4.69. The molecule has 3 aliphatic heterocycles. The van der Waals surface area contributed by atoms with Crippen LogP contribution in [0.15, 0.2) is 66.7 Å². The molecule has 0 aromatic heterocycles. The van der Waals surface area contributed by atoms with E-state index in [1.165, 1.54) is 12.1 Å². The Hall–Kier alpha value is -4.10. The molecule has 12 heteroatoms. The number of nitrogens with one attached hydrogen (secondary N) is 2. The lowest BCUT2D eigenvalue weighted by Crippen LogP contribution is -2.51. The highest BCUT2D eigenvalue weighted by Crippen LogP contribution is 2.60. The summed E-state index contributed by atoms with van der Waals surface area (Å²) in [5.74, 6) is -0.0215. The lowest BCUT2D eigenvalue weighted by Gasteiger charge is -2.37. The highest BCUT2D eigenvalue weighted by molar-refractivity contribution is 6.91. The number of benzene rings is 3. The first-order chi connectivity index (χ1) is 23.0. The molecular weight excluding hydrogens is 629 g/mol. The van der Waals surface area contributed by atoms with Crippen molar-refractivity contribution in [2.45, 2.75) is 63.1 Å². The maximum Gasteiger partial charge on any atom is 0.269 e. The summed E-state index contributed by atoms with van der Waals surface area (Å²) >= 11 is 0. The van der Waals surface area contributed by atoms with Crippen molar-refractivity contribution in [3.05, 3.63) is 88.0 Å². The van der Waals surface area contributed by atoms with Gasteiger partial charge >= 0.3 is 0 Å². The molecule has 1 spiro atoms. The number of nitro groups is 1.